The molecular formula is C15H14N2O5. The molecule has 0 aliphatic carbocycles. The first-order valence-corrected chi connectivity index (χ1v) is 6.36. The highest BCUT2D eigenvalue weighted by molar-refractivity contribution is 6.23. The molecule has 2 rings (SSSR count). The minimum atomic E-state index is -1.16. The molecule has 0 saturated carbocycles. The van der Waals surface area contributed by atoms with Gasteiger partial charge in [-0.3, -0.25) is 4.79 Å². The average molecular weight is 302 g/mol. The molecule has 0 bridgehead atoms. The van der Waals surface area contributed by atoms with E-state index < -0.39 is 29.1 Å². The summed E-state index contributed by atoms with van der Waals surface area (Å²) in [6, 6.07) is 6.79. The predicted octanol–water partition coefficient (Wildman–Crippen LogP) is 1.44. The molecule has 0 amide bonds. The van der Waals surface area contributed by atoms with Crippen LogP contribution in [0.15, 0.2) is 46.9 Å². The third-order valence-corrected chi connectivity index (χ3v) is 3.08. The van der Waals surface area contributed by atoms with Gasteiger partial charge in [0.1, 0.15) is 16.9 Å². The largest absolute Gasteiger partial charge is 0.506 e. The summed E-state index contributed by atoms with van der Waals surface area (Å²) in [6.07, 6.45) is 0. The minimum Gasteiger partial charge on any atom is -0.506 e. The first kappa shape index (κ1) is 15.3. The number of anilines is 2. The van der Waals surface area contributed by atoms with Crippen molar-refractivity contribution in [3.05, 3.63) is 46.9 Å². The van der Waals surface area contributed by atoms with Crippen LogP contribution in [0, 0.1) is 0 Å². The maximum Gasteiger partial charge on any atom is 0.353 e. The van der Waals surface area contributed by atoms with Crippen molar-refractivity contribution in [2.75, 3.05) is 11.1 Å². The summed E-state index contributed by atoms with van der Waals surface area (Å²) in [4.78, 5) is 34.7. The number of Topliss-reactive ketones (excluding diaryl/α,β-unsaturated/α-hetero) is 1. The highest BCUT2D eigenvalue weighted by Crippen LogP contribution is 2.27. The topological polar surface area (TPSA) is 119 Å². The number of esters is 2. The number of para-hydroxylation sites is 2. The van der Waals surface area contributed by atoms with Crippen molar-refractivity contribution in [1.82, 2.24) is 0 Å². The Hall–Kier alpha value is -3.09. The molecule has 0 fully saturated rings. The summed E-state index contributed by atoms with van der Waals surface area (Å²) >= 11 is 0. The number of aliphatic hydroxyl groups excluding tert-OH is 1. The molecule has 7 heteroatoms. The maximum atomic E-state index is 11.8. The zero-order valence-corrected chi connectivity index (χ0v) is 12.0. The van der Waals surface area contributed by atoms with E-state index in [4.69, 9.17) is 5.73 Å². The second kappa shape index (κ2) is 5.72. The molecule has 0 unspecified atom stereocenters. The molecule has 4 N–H and O–H groups in total. The number of ketones is 1. The lowest BCUT2D eigenvalue weighted by Gasteiger charge is -2.18. The van der Waals surface area contributed by atoms with E-state index in [1.807, 2.05) is 0 Å². The third-order valence-electron chi connectivity index (χ3n) is 3.08. The van der Waals surface area contributed by atoms with E-state index in [0.29, 0.717) is 11.4 Å². The number of cyclic esters (lactones) is 2. The zero-order chi connectivity index (χ0) is 16.4. The van der Waals surface area contributed by atoms with Gasteiger partial charge in [0.2, 0.25) is 0 Å². The van der Waals surface area contributed by atoms with Gasteiger partial charge in [-0.05, 0) is 26.0 Å². The number of carbonyl (C=O) groups excluding carboxylic acids is 3. The van der Waals surface area contributed by atoms with Crippen molar-refractivity contribution in [3.63, 3.8) is 0 Å². The maximum absolute atomic E-state index is 11.8. The number of nitrogens with one attached hydrogen (secondary N) is 1. The summed E-state index contributed by atoms with van der Waals surface area (Å²) in [6.45, 7) is 2.59. The SMILES string of the molecule is CC(=O)C1=C(O)/C(=C(\C)Nc2ccccc2N)C(=O)OC1=O. The molecule has 1 aliphatic heterocycles. The number of hydrogen-bond donors (Lipinski definition) is 3. The molecule has 1 aromatic rings. The number of benzene rings is 1. The number of allylic oxidation sites excluding steroid dienone is 1. The van der Waals surface area contributed by atoms with E-state index >= 15 is 0 Å². The van der Waals surface area contributed by atoms with E-state index in [-0.39, 0.29) is 11.3 Å². The molecule has 1 heterocycles. The van der Waals surface area contributed by atoms with Crippen LogP contribution in [0.5, 0.6) is 0 Å². The number of aliphatic hydroxyl groups is 1. The van der Waals surface area contributed by atoms with Gasteiger partial charge in [-0.25, -0.2) is 9.59 Å². The molecule has 1 aromatic carbocycles. The van der Waals surface area contributed by atoms with Gasteiger partial charge in [0.25, 0.3) is 0 Å². The molecule has 22 heavy (non-hydrogen) atoms. The summed E-state index contributed by atoms with van der Waals surface area (Å²) in [5.74, 6) is -3.59. The summed E-state index contributed by atoms with van der Waals surface area (Å²) in [5, 5.41) is 12.9. The van der Waals surface area contributed by atoms with Crippen LogP contribution in [0.1, 0.15) is 13.8 Å². The Morgan fingerprint density at radius 3 is 2.41 bits per heavy atom. The van der Waals surface area contributed by atoms with Crippen LogP contribution >= 0.6 is 0 Å². The monoisotopic (exact) mass is 302 g/mol. The lowest BCUT2D eigenvalue weighted by atomic mass is 10.0. The summed E-state index contributed by atoms with van der Waals surface area (Å²) in [7, 11) is 0. The number of nitrogens with two attached hydrogens (primary N) is 1. The summed E-state index contributed by atoms with van der Waals surface area (Å²) in [5.41, 5.74) is 6.08. The van der Waals surface area contributed by atoms with Crippen LogP contribution in [0.2, 0.25) is 0 Å². The number of carbonyl (C=O) groups is 3. The van der Waals surface area contributed by atoms with Crippen molar-refractivity contribution < 1.29 is 24.2 Å². The van der Waals surface area contributed by atoms with Crippen molar-refractivity contribution in [2.45, 2.75) is 13.8 Å². The molecule has 0 saturated heterocycles. The van der Waals surface area contributed by atoms with Gasteiger partial charge in [0.05, 0.1) is 11.4 Å². The highest BCUT2D eigenvalue weighted by atomic mass is 16.6. The van der Waals surface area contributed by atoms with Crippen molar-refractivity contribution in [2.24, 2.45) is 0 Å². The molecule has 7 nitrogen and oxygen atoms in total. The Balaban J connectivity index is 2.52. The van der Waals surface area contributed by atoms with E-state index in [9.17, 15) is 19.5 Å². The van der Waals surface area contributed by atoms with Crippen LogP contribution in [-0.4, -0.2) is 22.8 Å². The first-order valence-electron chi connectivity index (χ1n) is 6.36. The Labute approximate surface area is 126 Å². The molecule has 1 aliphatic rings. The Morgan fingerprint density at radius 1 is 1.18 bits per heavy atom. The van der Waals surface area contributed by atoms with E-state index in [2.05, 4.69) is 10.1 Å². The van der Waals surface area contributed by atoms with Crippen molar-refractivity contribution in [1.29, 1.82) is 0 Å². The van der Waals surface area contributed by atoms with E-state index in [1.54, 1.807) is 24.3 Å². The van der Waals surface area contributed by atoms with Crippen LogP contribution in [0.4, 0.5) is 11.4 Å². The lowest BCUT2D eigenvalue weighted by molar-refractivity contribution is -0.155. The van der Waals surface area contributed by atoms with Crippen LogP contribution in [0.25, 0.3) is 0 Å². The Bertz CT molecular complexity index is 746. The molecule has 0 radical (unpaired) electrons. The minimum absolute atomic E-state index is 0.201. The molecule has 0 atom stereocenters. The molecule has 0 spiro atoms. The van der Waals surface area contributed by atoms with E-state index in [0.717, 1.165) is 6.92 Å². The van der Waals surface area contributed by atoms with Gasteiger partial charge in [-0.2, -0.15) is 0 Å². The highest BCUT2D eigenvalue weighted by Gasteiger charge is 2.36. The van der Waals surface area contributed by atoms with Gasteiger partial charge in [0, 0.05) is 5.70 Å². The van der Waals surface area contributed by atoms with Gasteiger partial charge in [0.15, 0.2) is 5.78 Å². The quantitative estimate of drug-likeness (QED) is 0.254. The van der Waals surface area contributed by atoms with Gasteiger partial charge < -0.3 is 20.9 Å². The van der Waals surface area contributed by atoms with Crippen molar-refractivity contribution >= 4 is 29.1 Å². The summed E-state index contributed by atoms with van der Waals surface area (Å²) < 4.78 is 4.49. The van der Waals surface area contributed by atoms with Crippen LogP contribution in [0.3, 0.4) is 0 Å². The van der Waals surface area contributed by atoms with Crippen LogP contribution in [-0.2, 0) is 19.1 Å². The average Bonchev–Trinajstić information content (AvgIpc) is 2.40. The Morgan fingerprint density at radius 2 is 1.82 bits per heavy atom. The molecule has 0 aromatic heterocycles. The number of nitrogen functional groups attached to an aromatic ring is 1. The van der Waals surface area contributed by atoms with Crippen LogP contribution < -0.4 is 11.1 Å². The fourth-order valence-corrected chi connectivity index (χ4v) is 2.02. The second-order valence-corrected chi connectivity index (χ2v) is 4.67. The van der Waals surface area contributed by atoms with Gasteiger partial charge in [-0.15, -0.1) is 0 Å². The number of ether oxygens (including phenoxy) is 1. The fraction of sp³-hybridized carbons (Fsp3) is 0.133. The molecular weight excluding hydrogens is 288 g/mol. The standard InChI is InChI=1S/C15H14N2O5/c1-7(17-10-6-4-3-5-9(10)16)11-13(19)12(8(2)18)15(21)22-14(11)20/h3-6,17,19H,16H2,1-2H3/b11-7-. The predicted molar refractivity (Wildman–Crippen MR) is 78.6 cm³/mol. The normalized spacial score (nSPS) is 17.2. The third kappa shape index (κ3) is 2.69. The smallest absolute Gasteiger partial charge is 0.353 e. The number of hydrogen-bond acceptors (Lipinski definition) is 7. The van der Waals surface area contributed by atoms with Gasteiger partial charge >= 0.3 is 11.9 Å². The van der Waals surface area contributed by atoms with Crippen molar-refractivity contribution in [3.8, 4) is 0 Å². The zero-order valence-electron chi connectivity index (χ0n) is 12.0. The number of rotatable bonds is 3. The molecule has 114 valence electrons. The van der Waals surface area contributed by atoms with Gasteiger partial charge in [-0.1, -0.05) is 12.1 Å². The Kier molecular flexibility index (Phi) is 3.98. The lowest BCUT2D eigenvalue weighted by Crippen LogP contribution is -2.29. The van der Waals surface area contributed by atoms with E-state index in [1.165, 1.54) is 6.92 Å². The fourth-order valence-electron chi connectivity index (χ4n) is 2.02. The first-order chi connectivity index (χ1) is 10.3. The second-order valence-electron chi connectivity index (χ2n) is 4.67.